The van der Waals surface area contributed by atoms with Crippen LogP contribution in [-0.4, -0.2) is 12.5 Å². The van der Waals surface area contributed by atoms with Gasteiger partial charge in [0.2, 0.25) is 5.91 Å². The molecule has 0 heterocycles. The first kappa shape index (κ1) is 28.5. The molecule has 0 aliphatic rings. The van der Waals surface area contributed by atoms with Crippen molar-refractivity contribution >= 4 is 5.91 Å². The molecule has 0 spiro atoms. The van der Waals surface area contributed by atoms with Crippen molar-refractivity contribution in [3.05, 3.63) is 0 Å². The van der Waals surface area contributed by atoms with Gasteiger partial charge < -0.3 is 5.32 Å². The van der Waals surface area contributed by atoms with Crippen LogP contribution in [0.2, 0.25) is 0 Å². The molecule has 0 aliphatic carbocycles. The first-order chi connectivity index (χ1) is 14.3. The maximum Gasteiger partial charge on any atom is 0.219 e. The van der Waals surface area contributed by atoms with Crippen molar-refractivity contribution in [3.63, 3.8) is 0 Å². The number of carbonyl (C=O) groups excluding carboxylic acids is 1. The third-order valence-corrected chi connectivity index (χ3v) is 6.11. The molecule has 29 heavy (non-hydrogen) atoms. The van der Waals surface area contributed by atoms with Crippen molar-refractivity contribution in [1.82, 2.24) is 5.32 Å². The monoisotopic (exact) mass is 409 g/mol. The number of unbranched alkanes of at least 4 members (excludes halogenated alkanes) is 20. The van der Waals surface area contributed by atoms with Crippen LogP contribution in [0, 0.1) is 0 Å². The summed E-state index contributed by atoms with van der Waals surface area (Å²) in [6.07, 6.45) is 31.0. The van der Waals surface area contributed by atoms with Crippen LogP contribution < -0.4 is 5.32 Å². The van der Waals surface area contributed by atoms with E-state index in [0.29, 0.717) is 0 Å². The molecular weight excluding hydrogens is 354 g/mol. The molecule has 0 aromatic rings. The average molecular weight is 410 g/mol. The van der Waals surface area contributed by atoms with Crippen LogP contribution in [0.1, 0.15) is 162 Å². The van der Waals surface area contributed by atoms with Gasteiger partial charge in [-0.05, 0) is 12.8 Å². The summed E-state index contributed by atoms with van der Waals surface area (Å²) in [6, 6.07) is 0. The van der Waals surface area contributed by atoms with E-state index in [0.717, 1.165) is 32.2 Å². The maximum atomic E-state index is 11.6. The lowest BCUT2D eigenvalue weighted by atomic mass is 10.0. The highest BCUT2D eigenvalue weighted by atomic mass is 16.1. The molecule has 0 aliphatic heterocycles. The van der Waals surface area contributed by atoms with Crippen LogP contribution in [-0.2, 0) is 4.79 Å². The lowest BCUT2D eigenvalue weighted by Gasteiger charge is -2.05. The van der Waals surface area contributed by atoms with Crippen molar-refractivity contribution in [3.8, 4) is 0 Å². The highest BCUT2D eigenvalue weighted by molar-refractivity contribution is 5.75. The van der Waals surface area contributed by atoms with Gasteiger partial charge in [0.15, 0.2) is 0 Å². The second kappa shape index (κ2) is 25.5. The summed E-state index contributed by atoms with van der Waals surface area (Å²) in [5.41, 5.74) is 0. The molecule has 0 aromatic carbocycles. The maximum absolute atomic E-state index is 11.6. The Kier molecular flexibility index (Phi) is 25.0. The molecule has 0 aromatic heterocycles. The van der Waals surface area contributed by atoms with Gasteiger partial charge in [0.1, 0.15) is 0 Å². The lowest BCUT2D eigenvalue weighted by Crippen LogP contribution is -2.23. The topological polar surface area (TPSA) is 29.1 Å². The van der Waals surface area contributed by atoms with E-state index in [2.05, 4.69) is 19.2 Å². The first-order valence-corrected chi connectivity index (χ1v) is 13.6. The molecule has 1 N–H and O–H groups in total. The van der Waals surface area contributed by atoms with Gasteiger partial charge in [-0.2, -0.15) is 0 Å². The Morgan fingerprint density at radius 1 is 0.448 bits per heavy atom. The van der Waals surface area contributed by atoms with Gasteiger partial charge in [-0.3, -0.25) is 4.79 Å². The number of rotatable bonds is 24. The van der Waals surface area contributed by atoms with Crippen LogP contribution in [0.5, 0.6) is 0 Å². The summed E-state index contributed by atoms with van der Waals surface area (Å²) in [6.45, 7) is 5.31. The van der Waals surface area contributed by atoms with Gasteiger partial charge in [0, 0.05) is 13.0 Å². The van der Waals surface area contributed by atoms with Crippen molar-refractivity contribution in [2.75, 3.05) is 6.54 Å². The fourth-order valence-corrected chi connectivity index (χ4v) is 4.03. The molecule has 0 rings (SSSR count). The van der Waals surface area contributed by atoms with Crippen LogP contribution >= 0.6 is 0 Å². The van der Waals surface area contributed by atoms with Crippen molar-refractivity contribution in [2.24, 2.45) is 0 Å². The van der Waals surface area contributed by atoms with E-state index in [9.17, 15) is 4.79 Å². The molecule has 0 atom stereocenters. The molecule has 0 saturated heterocycles. The van der Waals surface area contributed by atoms with E-state index in [1.807, 2.05) is 0 Å². The summed E-state index contributed by atoms with van der Waals surface area (Å²) < 4.78 is 0. The molecule has 0 saturated carbocycles. The van der Waals surface area contributed by atoms with Gasteiger partial charge >= 0.3 is 0 Å². The summed E-state index contributed by atoms with van der Waals surface area (Å²) in [7, 11) is 0. The van der Waals surface area contributed by atoms with E-state index >= 15 is 0 Å². The largest absolute Gasteiger partial charge is 0.356 e. The minimum atomic E-state index is 0.251. The van der Waals surface area contributed by atoms with Crippen LogP contribution in [0.4, 0.5) is 0 Å². The van der Waals surface area contributed by atoms with Crippen LogP contribution in [0.25, 0.3) is 0 Å². The minimum Gasteiger partial charge on any atom is -0.356 e. The zero-order valence-electron chi connectivity index (χ0n) is 20.4. The molecule has 174 valence electrons. The standard InChI is InChI=1S/C27H55NO/c1-3-5-7-8-9-10-11-12-13-14-15-16-17-18-19-20-21-22-23-24-25-27(29)28-26-6-4-2/h3-26H2,1-2H3,(H,28,29). The SMILES string of the molecule is CCCCCCCCCCCCCCCCCCCCCCC(=O)NCCCC. The molecule has 0 bridgehead atoms. The third-order valence-electron chi connectivity index (χ3n) is 6.11. The Morgan fingerprint density at radius 3 is 1.10 bits per heavy atom. The second-order valence-corrected chi connectivity index (χ2v) is 9.17. The quantitative estimate of drug-likeness (QED) is 0.158. The molecule has 0 fully saturated rings. The fraction of sp³-hybridized carbons (Fsp3) is 0.963. The van der Waals surface area contributed by atoms with E-state index in [1.54, 1.807) is 0 Å². The number of hydrogen-bond donors (Lipinski definition) is 1. The molecule has 2 nitrogen and oxygen atoms in total. The minimum absolute atomic E-state index is 0.251. The molecule has 1 amide bonds. The molecule has 2 heteroatoms. The smallest absolute Gasteiger partial charge is 0.219 e. The third kappa shape index (κ3) is 25.4. The predicted molar refractivity (Wildman–Crippen MR) is 131 cm³/mol. The number of hydrogen-bond acceptors (Lipinski definition) is 1. The normalized spacial score (nSPS) is 11.1. The second-order valence-electron chi connectivity index (χ2n) is 9.17. The first-order valence-electron chi connectivity index (χ1n) is 13.6. The fourth-order valence-electron chi connectivity index (χ4n) is 4.03. The van der Waals surface area contributed by atoms with Gasteiger partial charge in [0.05, 0.1) is 0 Å². The Bertz CT molecular complexity index is 316. The average Bonchev–Trinajstić information content (AvgIpc) is 2.72. The number of carbonyl (C=O) groups is 1. The van der Waals surface area contributed by atoms with E-state index in [-0.39, 0.29) is 5.91 Å². The summed E-state index contributed by atoms with van der Waals surface area (Å²) in [4.78, 5) is 11.6. The predicted octanol–water partition coefficient (Wildman–Crippen LogP) is 9.11. The van der Waals surface area contributed by atoms with Crippen LogP contribution in [0.15, 0.2) is 0 Å². The number of amides is 1. The lowest BCUT2D eigenvalue weighted by molar-refractivity contribution is -0.121. The zero-order chi connectivity index (χ0) is 21.3. The van der Waals surface area contributed by atoms with Crippen molar-refractivity contribution in [2.45, 2.75) is 162 Å². The Balaban J connectivity index is 3.06. The molecular formula is C27H55NO. The van der Waals surface area contributed by atoms with Crippen molar-refractivity contribution in [1.29, 1.82) is 0 Å². The highest BCUT2D eigenvalue weighted by Gasteiger charge is 2.00. The highest BCUT2D eigenvalue weighted by Crippen LogP contribution is 2.15. The van der Waals surface area contributed by atoms with E-state index in [1.165, 1.54) is 122 Å². The van der Waals surface area contributed by atoms with Crippen molar-refractivity contribution < 1.29 is 4.79 Å². The molecule has 0 unspecified atom stereocenters. The Labute approximate surface area is 184 Å². The Hall–Kier alpha value is -0.530. The number of nitrogens with one attached hydrogen (secondary N) is 1. The van der Waals surface area contributed by atoms with E-state index in [4.69, 9.17) is 0 Å². The van der Waals surface area contributed by atoms with E-state index < -0.39 is 0 Å². The summed E-state index contributed by atoms with van der Waals surface area (Å²) >= 11 is 0. The van der Waals surface area contributed by atoms with Gasteiger partial charge in [-0.15, -0.1) is 0 Å². The van der Waals surface area contributed by atoms with Gasteiger partial charge in [-0.25, -0.2) is 0 Å². The van der Waals surface area contributed by atoms with Crippen LogP contribution in [0.3, 0.4) is 0 Å². The van der Waals surface area contributed by atoms with Gasteiger partial charge in [0.25, 0.3) is 0 Å². The Morgan fingerprint density at radius 2 is 0.759 bits per heavy atom. The summed E-state index contributed by atoms with van der Waals surface area (Å²) in [5.74, 6) is 0.251. The summed E-state index contributed by atoms with van der Waals surface area (Å²) in [5, 5.41) is 3.01. The van der Waals surface area contributed by atoms with Gasteiger partial charge in [-0.1, -0.05) is 142 Å². The molecule has 0 radical (unpaired) electrons. The zero-order valence-corrected chi connectivity index (χ0v) is 20.4.